The highest BCUT2D eigenvalue weighted by molar-refractivity contribution is 5.70. The quantitative estimate of drug-likeness (QED) is 0.0582. The van der Waals surface area contributed by atoms with Gasteiger partial charge in [-0.05, 0) is 25.9 Å². The number of carbonyl (C=O) groups excluding carboxylic acids is 2. The third kappa shape index (κ3) is 23.9. The van der Waals surface area contributed by atoms with Crippen molar-refractivity contribution in [3.63, 3.8) is 0 Å². The Morgan fingerprint density at radius 2 is 1.08 bits per heavy atom. The van der Waals surface area contributed by atoms with Crippen molar-refractivity contribution in [1.29, 1.82) is 0 Å². The minimum Gasteiger partial charge on any atom is -0.465 e. The number of ether oxygens (including phenoxy) is 4. The predicted molar refractivity (Wildman–Crippen MR) is 155 cm³/mol. The molecular weight excluding hydrogens is 482 g/mol. The zero-order valence-corrected chi connectivity index (χ0v) is 25.6. The fourth-order valence-corrected chi connectivity index (χ4v) is 4.10. The molecule has 0 aliphatic rings. The van der Waals surface area contributed by atoms with E-state index in [1.54, 1.807) is 0 Å². The van der Waals surface area contributed by atoms with Gasteiger partial charge in [-0.3, -0.25) is 9.59 Å². The monoisotopic (exact) mass is 543 g/mol. The lowest BCUT2D eigenvalue weighted by atomic mass is 10.1. The first kappa shape index (κ1) is 36.8. The maximum atomic E-state index is 12.3. The summed E-state index contributed by atoms with van der Waals surface area (Å²) in [7, 11) is 0. The second-order valence-electron chi connectivity index (χ2n) is 10.5. The zero-order valence-electron chi connectivity index (χ0n) is 25.6. The van der Waals surface area contributed by atoms with Crippen LogP contribution < -0.4 is 0 Å². The molecule has 0 spiro atoms. The number of hydrogen-bond donors (Lipinski definition) is 0. The molecule has 0 bridgehead atoms. The average Bonchev–Trinajstić information content (AvgIpc) is 2.92. The minimum atomic E-state index is -0.363. The van der Waals surface area contributed by atoms with Gasteiger partial charge in [0.25, 0.3) is 0 Å². The Bertz CT molecular complexity index is 522. The minimum absolute atomic E-state index is 0.0416. The van der Waals surface area contributed by atoms with Gasteiger partial charge in [0.1, 0.15) is 0 Å². The van der Waals surface area contributed by atoms with Gasteiger partial charge in [-0.15, -0.1) is 0 Å². The average molecular weight is 544 g/mol. The highest BCUT2D eigenvalue weighted by atomic mass is 16.7. The molecular formula is C31H61NO6. The van der Waals surface area contributed by atoms with Crippen molar-refractivity contribution in [2.75, 3.05) is 46.1 Å². The summed E-state index contributed by atoms with van der Waals surface area (Å²) in [4.78, 5) is 26.5. The first-order valence-corrected chi connectivity index (χ1v) is 15.7. The van der Waals surface area contributed by atoms with Crippen molar-refractivity contribution in [3.05, 3.63) is 0 Å². The van der Waals surface area contributed by atoms with E-state index in [9.17, 15) is 9.59 Å². The Balaban J connectivity index is 4.22. The highest BCUT2D eigenvalue weighted by Gasteiger charge is 2.15. The van der Waals surface area contributed by atoms with Crippen molar-refractivity contribution in [1.82, 2.24) is 4.90 Å². The number of unbranched alkanes of at least 4 members (excludes halogenated alkanes) is 10. The Labute approximate surface area is 234 Å². The molecule has 7 nitrogen and oxygen atoms in total. The molecule has 1 unspecified atom stereocenters. The summed E-state index contributed by atoms with van der Waals surface area (Å²) in [5, 5.41) is 0. The van der Waals surface area contributed by atoms with Crippen molar-refractivity contribution in [2.24, 2.45) is 5.92 Å². The molecule has 0 radical (unpaired) electrons. The number of carbonyl (C=O) groups is 2. The van der Waals surface area contributed by atoms with Gasteiger partial charge in [-0.25, -0.2) is 0 Å². The van der Waals surface area contributed by atoms with E-state index in [4.69, 9.17) is 18.9 Å². The number of hydrogen-bond acceptors (Lipinski definition) is 7. The van der Waals surface area contributed by atoms with Crippen molar-refractivity contribution >= 4 is 11.9 Å². The summed E-state index contributed by atoms with van der Waals surface area (Å²) in [5.74, 6) is -0.510. The fourth-order valence-electron chi connectivity index (χ4n) is 4.10. The van der Waals surface area contributed by atoms with Crippen LogP contribution in [0.15, 0.2) is 0 Å². The van der Waals surface area contributed by atoms with E-state index < -0.39 is 0 Å². The summed E-state index contributed by atoms with van der Waals surface area (Å²) < 4.78 is 22.8. The first-order valence-electron chi connectivity index (χ1n) is 15.7. The lowest BCUT2D eigenvalue weighted by Gasteiger charge is -2.19. The molecule has 38 heavy (non-hydrogen) atoms. The van der Waals surface area contributed by atoms with Crippen LogP contribution in [0.4, 0.5) is 0 Å². The first-order chi connectivity index (χ1) is 18.5. The second kappa shape index (κ2) is 27.4. The number of esters is 2. The molecule has 0 rings (SSSR count). The van der Waals surface area contributed by atoms with Crippen LogP contribution in [0, 0.1) is 5.92 Å². The summed E-state index contributed by atoms with van der Waals surface area (Å²) in [6.07, 6.45) is 15.3. The molecule has 0 fully saturated rings. The maximum Gasteiger partial charge on any atom is 0.307 e. The van der Waals surface area contributed by atoms with Gasteiger partial charge in [-0.1, -0.05) is 98.8 Å². The largest absolute Gasteiger partial charge is 0.465 e. The molecule has 0 aliphatic carbocycles. The van der Waals surface area contributed by atoms with E-state index in [0.29, 0.717) is 32.6 Å². The van der Waals surface area contributed by atoms with Gasteiger partial charge < -0.3 is 23.8 Å². The van der Waals surface area contributed by atoms with Gasteiger partial charge in [0.2, 0.25) is 0 Å². The fraction of sp³-hybridized carbons (Fsp3) is 0.935. The maximum absolute atomic E-state index is 12.3. The molecule has 0 aromatic rings. The molecule has 0 saturated carbocycles. The van der Waals surface area contributed by atoms with Crippen LogP contribution in [0.5, 0.6) is 0 Å². The third-order valence-electron chi connectivity index (χ3n) is 6.77. The topological polar surface area (TPSA) is 74.3 Å². The van der Waals surface area contributed by atoms with Gasteiger partial charge >= 0.3 is 11.9 Å². The van der Waals surface area contributed by atoms with Crippen LogP contribution in [-0.4, -0.2) is 69.2 Å². The zero-order chi connectivity index (χ0) is 28.3. The van der Waals surface area contributed by atoms with Crippen molar-refractivity contribution in [3.8, 4) is 0 Å². The normalized spacial score (nSPS) is 12.3. The van der Waals surface area contributed by atoms with Crippen LogP contribution in [0.25, 0.3) is 0 Å². The lowest BCUT2D eigenvalue weighted by Crippen LogP contribution is -2.27. The molecule has 0 saturated heterocycles. The molecule has 7 heteroatoms. The molecule has 0 aromatic heterocycles. The molecule has 1 atom stereocenters. The SMILES string of the molecule is CCCCCCCCOC(CCC(=O)OCC(C)COC(=O)CCN(CC)CC)OCCCCCCCC. The molecule has 0 aliphatic heterocycles. The predicted octanol–water partition coefficient (Wildman–Crippen LogP) is 7.30. The van der Waals surface area contributed by atoms with Crippen LogP contribution in [0.3, 0.4) is 0 Å². The Kier molecular flexibility index (Phi) is 26.5. The van der Waals surface area contributed by atoms with Crippen LogP contribution in [-0.2, 0) is 28.5 Å². The van der Waals surface area contributed by atoms with Gasteiger partial charge in [0.05, 0.1) is 26.1 Å². The third-order valence-corrected chi connectivity index (χ3v) is 6.77. The molecule has 0 amide bonds. The van der Waals surface area contributed by atoms with Crippen molar-refractivity contribution in [2.45, 2.75) is 137 Å². The highest BCUT2D eigenvalue weighted by Crippen LogP contribution is 2.12. The molecule has 0 N–H and O–H groups in total. The summed E-state index contributed by atoms with van der Waals surface area (Å²) >= 11 is 0. The summed E-state index contributed by atoms with van der Waals surface area (Å²) in [6, 6.07) is 0. The molecule has 226 valence electrons. The van der Waals surface area contributed by atoms with E-state index >= 15 is 0 Å². The lowest BCUT2D eigenvalue weighted by molar-refractivity contribution is -0.160. The van der Waals surface area contributed by atoms with Gasteiger partial charge in [-0.2, -0.15) is 0 Å². The number of rotatable bonds is 28. The summed E-state index contributed by atoms with van der Waals surface area (Å²) in [6.45, 7) is 14.9. The Morgan fingerprint density at radius 3 is 1.55 bits per heavy atom. The van der Waals surface area contributed by atoms with E-state index in [-0.39, 0.29) is 43.8 Å². The van der Waals surface area contributed by atoms with E-state index in [2.05, 4.69) is 32.6 Å². The molecule has 0 aromatic carbocycles. The standard InChI is InChI=1S/C31H61NO6/c1-6-10-12-14-16-18-24-35-31(36-25-19-17-15-13-11-7-2)21-20-29(33)37-26-28(5)27-38-30(34)22-23-32(8-3)9-4/h28,31H,6-27H2,1-5H3. The Morgan fingerprint density at radius 1 is 0.632 bits per heavy atom. The van der Waals surface area contributed by atoms with Crippen molar-refractivity contribution < 1.29 is 28.5 Å². The van der Waals surface area contributed by atoms with Gasteiger partial charge in [0, 0.05) is 32.1 Å². The second-order valence-corrected chi connectivity index (χ2v) is 10.5. The van der Waals surface area contributed by atoms with E-state index in [1.165, 1.54) is 64.2 Å². The Hall–Kier alpha value is -1.18. The summed E-state index contributed by atoms with van der Waals surface area (Å²) in [5.41, 5.74) is 0. The van der Waals surface area contributed by atoms with Crippen LogP contribution in [0.1, 0.15) is 131 Å². The van der Waals surface area contributed by atoms with Crippen LogP contribution >= 0.6 is 0 Å². The van der Waals surface area contributed by atoms with Gasteiger partial charge in [0.15, 0.2) is 6.29 Å². The number of nitrogens with zero attached hydrogens (tertiary/aromatic N) is 1. The van der Waals surface area contributed by atoms with Crippen LogP contribution in [0.2, 0.25) is 0 Å². The molecule has 0 heterocycles. The van der Waals surface area contributed by atoms with E-state index in [1.807, 2.05) is 6.92 Å². The smallest absolute Gasteiger partial charge is 0.307 e. The van der Waals surface area contributed by atoms with E-state index in [0.717, 1.165) is 25.9 Å².